The fourth-order valence-electron chi connectivity index (χ4n) is 2.41. The van der Waals surface area contributed by atoms with Crippen LogP contribution in [0.15, 0.2) is 36.4 Å². The van der Waals surface area contributed by atoms with Gasteiger partial charge in [-0.25, -0.2) is 9.18 Å². The summed E-state index contributed by atoms with van der Waals surface area (Å²) in [4.78, 5) is 23.9. The predicted octanol–water partition coefficient (Wildman–Crippen LogP) is 3.34. The fourth-order valence-corrected chi connectivity index (χ4v) is 2.41. The number of carboxylic acids is 1. The average Bonchev–Trinajstić information content (AvgIpc) is 2.66. The van der Waals surface area contributed by atoms with Crippen molar-refractivity contribution in [3.8, 4) is 17.2 Å². The lowest BCUT2D eigenvalue weighted by Gasteiger charge is -2.19. The number of halogens is 1. The van der Waals surface area contributed by atoms with Gasteiger partial charge in [0.05, 0.1) is 25.5 Å². The Labute approximate surface area is 155 Å². The van der Waals surface area contributed by atoms with Gasteiger partial charge in [0.2, 0.25) is 0 Å². The molecule has 2 rings (SSSR count). The number of ether oxygens (including phenoxy) is 3. The Balaban J connectivity index is 2.30. The predicted molar refractivity (Wildman–Crippen MR) is 96.2 cm³/mol. The molecular weight excluding hydrogens is 357 g/mol. The third-order valence-electron chi connectivity index (χ3n) is 3.75. The molecule has 0 spiro atoms. The molecule has 8 heteroatoms. The van der Waals surface area contributed by atoms with Gasteiger partial charge in [0.1, 0.15) is 0 Å². The van der Waals surface area contributed by atoms with Crippen LogP contribution in [-0.2, 0) is 4.79 Å². The quantitative estimate of drug-likeness (QED) is 0.733. The summed E-state index contributed by atoms with van der Waals surface area (Å²) in [5, 5.41) is 11.8. The van der Waals surface area contributed by atoms with Crippen molar-refractivity contribution in [1.82, 2.24) is 0 Å². The fraction of sp³-hybridized carbons (Fsp3) is 0.263. The zero-order valence-electron chi connectivity index (χ0n) is 15.1. The summed E-state index contributed by atoms with van der Waals surface area (Å²) in [5.41, 5.74) is 0.0147. The lowest BCUT2D eigenvalue weighted by Crippen LogP contribution is -2.32. The summed E-state index contributed by atoms with van der Waals surface area (Å²) in [6.45, 7) is 1.70. The van der Waals surface area contributed by atoms with E-state index in [0.29, 0.717) is 0 Å². The number of nitrogens with one attached hydrogen (secondary N) is 1. The highest BCUT2D eigenvalue weighted by Crippen LogP contribution is 2.37. The smallest absolute Gasteiger partial charge is 0.335 e. The molecule has 0 radical (unpaired) electrons. The Kier molecular flexibility index (Phi) is 6.59. The van der Waals surface area contributed by atoms with E-state index in [1.807, 2.05) is 0 Å². The van der Waals surface area contributed by atoms with Gasteiger partial charge in [-0.1, -0.05) is 19.1 Å². The Morgan fingerprint density at radius 2 is 1.85 bits per heavy atom. The van der Waals surface area contributed by atoms with Gasteiger partial charge in [0, 0.05) is 0 Å². The van der Waals surface area contributed by atoms with Gasteiger partial charge in [-0.15, -0.1) is 0 Å². The Bertz CT molecular complexity index is 839. The Morgan fingerprint density at radius 3 is 2.41 bits per heavy atom. The van der Waals surface area contributed by atoms with Crippen LogP contribution in [0.5, 0.6) is 17.2 Å². The molecule has 0 aromatic heterocycles. The highest BCUT2D eigenvalue weighted by Gasteiger charge is 2.23. The van der Waals surface area contributed by atoms with Crippen LogP contribution in [0.2, 0.25) is 0 Å². The number of hydrogen-bond acceptors (Lipinski definition) is 5. The molecule has 0 aliphatic rings. The molecule has 0 aliphatic heterocycles. The third-order valence-corrected chi connectivity index (χ3v) is 3.75. The van der Waals surface area contributed by atoms with Crippen LogP contribution in [0.4, 0.5) is 10.1 Å². The zero-order valence-corrected chi connectivity index (χ0v) is 15.1. The highest BCUT2D eigenvalue weighted by molar-refractivity contribution is 5.98. The van der Waals surface area contributed by atoms with E-state index < -0.39 is 23.8 Å². The molecule has 1 amide bonds. The van der Waals surface area contributed by atoms with Crippen molar-refractivity contribution in [3.05, 3.63) is 47.8 Å². The van der Waals surface area contributed by atoms with E-state index in [-0.39, 0.29) is 34.9 Å². The van der Waals surface area contributed by atoms with E-state index >= 15 is 0 Å². The van der Waals surface area contributed by atoms with Crippen LogP contribution in [-0.4, -0.2) is 37.3 Å². The normalized spacial score (nSPS) is 11.4. The number of para-hydroxylation sites is 1. The molecule has 27 heavy (non-hydrogen) atoms. The Morgan fingerprint density at radius 1 is 1.15 bits per heavy atom. The van der Waals surface area contributed by atoms with Crippen molar-refractivity contribution in [2.24, 2.45) is 0 Å². The second-order valence-corrected chi connectivity index (χ2v) is 5.50. The van der Waals surface area contributed by atoms with Crippen LogP contribution < -0.4 is 19.5 Å². The minimum Gasteiger partial charge on any atom is -0.493 e. The van der Waals surface area contributed by atoms with Gasteiger partial charge in [-0.3, -0.25) is 4.79 Å². The first-order valence-corrected chi connectivity index (χ1v) is 8.12. The van der Waals surface area contributed by atoms with Crippen LogP contribution >= 0.6 is 0 Å². The molecule has 0 fully saturated rings. The molecule has 1 atom stereocenters. The number of hydrogen-bond donors (Lipinski definition) is 2. The first kappa shape index (κ1) is 20.0. The SMILES string of the molecule is CCC(Oc1ccccc1F)C(=O)Nc1cc(C(=O)O)cc(OC)c1OC. The number of carbonyl (C=O) groups excluding carboxylic acids is 1. The summed E-state index contributed by atoms with van der Waals surface area (Å²) in [6, 6.07) is 8.27. The lowest BCUT2D eigenvalue weighted by molar-refractivity contribution is -0.122. The minimum atomic E-state index is -1.19. The van der Waals surface area contributed by atoms with Gasteiger partial charge in [0.15, 0.2) is 29.2 Å². The van der Waals surface area contributed by atoms with E-state index in [0.717, 1.165) is 0 Å². The Hall–Kier alpha value is -3.29. The van der Waals surface area contributed by atoms with Gasteiger partial charge in [0.25, 0.3) is 5.91 Å². The van der Waals surface area contributed by atoms with Crippen LogP contribution in [0.3, 0.4) is 0 Å². The van der Waals surface area contributed by atoms with Crippen LogP contribution in [0, 0.1) is 5.82 Å². The third kappa shape index (κ3) is 4.66. The maximum Gasteiger partial charge on any atom is 0.335 e. The van der Waals surface area contributed by atoms with Crippen molar-refractivity contribution in [2.45, 2.75) is 19.4 Å². The molecule has 0 aliphatic carbocycles. The molecule has 2 aromatic carbocycles. The number of methoxy groups -OCH3 is 2. The summed E-state index contributed by atoms with van der Waals surface area (Å²) in [5.74, 6) is -2.10. The molecule has 0 saturated heterocycles. The van der Waals surface area contributed by atoms with Crippen molar-refractivity contribution < 1.29 is 33.3 Å². The first-order chi connectivity index (χ1) is 12.9. The van der Waals surface area contributed by atoms with Crippen LogP contribution in [0.25, 0.3) is 0 Å². The number of carbonyl (C=O) groups is 2. The second-order valence-electron chi connectivity index (χ2n) is 5.50. The molecule has 0 heterocycles. The van der Waals surface area contributed by atoms with Crippen LogP contribution in [0.1, 0.15) is 23.7 Å². The summed E-state index contributed by atoms with van der Waals surface area (Å²) < 4.78 is 29.6. The molecule has 0 bridgehead atoms. The van der Waals surface area contributed by atoms with Gasteiger partial charge >= 0.3 is 5.97 Å². The van der Waals surface area contributed by atoms with Crippen molar-refractivity contribution in [1.29, 1.82) is 0 Å². The maximum atomic E-state index is 13.8. The van der Waals surface area contributed by atoms with Crippen molar-refractivity contribution in [3.63, 3.8) is 0 Å². The highest BCUT2D eigenvalue weighted by atomic mass is 19.1. The van der Waals surface area contributed by atoms with Gasteiger partial charge < -0.3 is 24.6 Å². The van der Waals surface area contributed by atoms with E-state index in [1.165, 1.54) is 44.6 Å². The number of anilines is 1. The summed E-state index contributed by atoms with van der Waals surface area (Å²) in [6.07, 6.45) is -0.732. The number of benzene rings is 2. The number of amides is 1. The molecule has 144 valence electrons. The molecule has 0 saturated carbocycles. The molecule has 1 unspecified atom stereocenters. The summed E-state index contributed by atoms with van der Waals surface area (Å²) >= 11 is 0. The average molecular weight is 377 g/mol. The molecule has 7 nitrogen and oxygen atoms in total. The monoisotopic (exact) mass is 377 g/mol. The van der Waals surface area contributed by atoms with E-state index in [2.05, 4.69) is 5.32 Å². The maximum absolute atomic E-state index is 13.8. The first-order valence-electron chi connectivity index (χ1n) is 8.12. The van der Waals surface area contributed by atoms with E-state index in [1.54, 1.807) is 13.0 Å². The zero-order chi connectivity index (χ0) is 20.0. The topological polar surface area (TPSA) is 94.1 Å². The molecular formula is C19H20FNO6. The second kappa shape index (κ2) is 8.88. The van der Waals surface area contributed by atoms with Gasteiger partial charge in [-0.2, -0.15) is 0 Å². The van der Waals surface area contributed by atoms with Gasteiger partial charge in [-0.05, 0) is 30.7 Å². The van der Waals surface area contributed by atoms with Crippen molar-refractivity contribution >= 4 is 17.6 Å². The molecule has 2 N–H and O–H groups in total. The standard InChI is InChI=1S/C19H20FNO6/c1-4-14(27-15-8-6-5-7-12(15)20)18(22)21-13-9-11(19(23)24)10-16(25-2)17(13)26-3/h5-10,14H,4H2,1-3H3,(H,21,22)(H,23,24). The number of aromatic carboxylic acids is 1. The molecule has 2 aromatic rings. The van der Waals surface area contributed by atoms with Crippen molar-refractivity contribution in [2.75, 3.05) is 19.5 Å². The minimum absolute atomic E-state index is 0.0525. The number of carboxylic acid groups (broad SMARTS) is 1. The summed E-state index contributed by atoms with van der Waals surface area (Å²) in [7, 11) is 2.71. The van der Waals surface area contributed by atoms with E-state index in [9.17, 15) is 19.1 Å². The number of rotatable bonds is 8. The van der Waals surface area contributed by atoms with E-state index in [4.69, 9.17) is 14.2 Å². The largest absolute Gasteiger partial charge is 0.493 e. The lowest BCUT2D eigenvalue weighted by atomic mass is 10.1.